The van der Waals surface area contributed by atoms with E-state index in [0.29, 0.717) is 11.3 Å². The molecule has 5 nitrogen and oxygen atoms in total. The minimum Gasteiger partial charge on any atom is -0.350 e. The van der Waals surface area contributed by atoms with Crippen molar-refractivity contribution in [1.29, 1.82) is 0 Å². The first-order valence-electron chi connectivity index (χ1n) is 7.86. The number of benzene rings is 2. The highest BCUT2D eigenvalue weighted by molar-refractivity contribution is 6.06. The highest BCUT2D eigenvalue weighted by Gasteiger charge is 2.10. The first kappa shape index (κ1) is 16.5. The first-order valence-corrected chi connectivity index (χ1v) is 7.86. The van der Waals surface area contributed by atoms with Crippen LogP contribution in [0.3, 0.4) is 0 Å². The second-order valence-electron chi connectivity index (χ2n) is 5.80. The van der Waals surface area contributed by atoms with Crippen molar-refractivity contribution in [3.8, 4) is 0 Å². The molecule has 126 valence electrons. The Morgan fingerprint density at radius 2 is 1.84 bits per heavy atom. The fourth-order valence-corrected chi connectivity index (χ4v) is 2.64. The maximum Gasteiger partial charge on any atom is 0.255 e. The van der Waals surface area contributed by atoms with Gasteiger partial charge in [-0.1, -0.05) is 12.6 Å². The van der Waals surface area contributed by atoms with Gasteiger partial charge in [-0.2, -0.15) is 0 Å². The number of fused-ring (bicyclic) bond motifs is 1. The molecule has 2 aromatic carbocycles. The summed E-state index contributed by atoms with van der Waals surface area (Å²) in [6.07, 6.45) is 3.23. The van der Waals surface area contributed by atoms with Crippen molar-refractivity contribution in [3.63, 3.8) is 0 Å². The number of likely N-dealkylation sites (N-methyl/N-ethyl adjacent to an activating group) is 1. The Balaban J connectivity index is 1.77. The fraction of sp³-hybridized carbons (Fsp3) is 0.100. The van der Waals surface area contributed by atoms with Gasteiger partial charge in [0.1, 0.15) is 0 Å². The van der Waals surface area contributed by atoms with Gasteiger partial charge in [-0.3, -0.25) is 9.59 Å². The van der Waals surface area contributed by atoms with Crippen LogP contribution in [0.15, 0.2) is 67.4 Å². The van der Waals surface area contributed by atoms with Gasteiger partial charge in [0.2, 0.25) is 5.91 Å². The molecule has 0 saturated heterocycles. The molecule has 0 bridgehead atoms. The Bertz CT molecular complexity index is 955. The van der Waals surface area contributed by atoms with Crippen LogP contribution in [0.5, 0.6) is 0 Å². The Morgan fingerprint density at radius 1 is 1.12 bits per heavy atom. The lowest BCUT2D eigenvalue weighted by Crippen LogP contribution is -2.23. The van der Waals surface area contributed by atoms with Crippen LogP contribution in [0.25, 0.3) is 10.9 Å². The summed E-state index contributed by atoms with van der Waals surface area (Å²) in [6.45, 7) is 3.47. The highest BCUT2D eigenvalue weighted by Crippen LogP contribution is 2.21. The predicted molar refractivity (Wildman–Crippen MR) is 101 cm³/mol. The number of aryl methyl sites for hydroxylation is 1. The molecule has 0 spiro atoms. The van der Waals surface area contributed by atoms with E-state index in [-0.39, 0.29) is 11.8 Å². The smallest absolute Gasteiger partial charge is 0.255 e. The fourth-order valence-electron chi connectivity index (χ4n) is 2.64. The topological polar surface area (TPSA) is 54.3 Å². The van der Waals surface area contributed by atoms with Gasteiger partial charge in [-0.05, 0) is 53.9 Å². The van der Waals surface area contributed by atoms with E-state index in [1.807, 2.05) is 42.1 Å². The third-order valence-corrected chi connectivity index (χ3v) is 4.17. The monoisotopic (exact) mass is 333 g/mol. The van der Waals surface area contributed by atoms with Gasteiger partial charge in [0.25, 0.3) is 5.91 Å². The van der Waals surface area contributed by atoms with Gasteiger partial charge in [0.15, 0.2) is 0 Å². The molecule has 0 aliphatic heterocycles. The number of amides is 2. The minimum atomic E-state index is -0.201. The molecular weight excluding hydrogens is 314 g/mol. The van der Waals surface area contributed by atoms with E-state index in [1.165, 1.54) is 11.0 Å². The zero-order valence-electron chi connectivity index (χ0n) is 14.2. The third-order valence-electron chi connectivity index (χ3n) is 4.17. The molecule has 0 fully saturated rings. The number of rotatable bonds is 4. The Hall–Kier alpha value is -3.34. The van der Waals surface area contributed by atoms with E-state index in [9.17, 15) is 9.59 Å². The van der Waals surface area contributed by atoms with Gasteiger partial charge in [0.05, 0.1) is 0 Å². The molecule has 0 saturated carbocycles. The molecule has 1 heterocycles. The summed E-state index contributed by atoms with van der Waals surface area (Å²) < 4.78 is 2.01. The average molecular weight is 333 g/mol. The van der Waals surface area contributed by atoms with Crippen molar-refractivity contribution in [2.45, 2.75) is 0 Å². The highest BCUT2D eigenvalue weighted by atomic mass is 16.2. The first-order chi connectivity index (χ1) is 12.0. The van der Waals surface area contributed by atoms with Crippen LogP contribution in [0.1, 0.15) is 10.4 Å². The molecule has 3 aromatic rings. The summed E-state index contributed by atoms with van der Waals surface area (Å²) in [5.41, 5.74) is 3.02. The lowest BCUT2D eigenvalue weighted by Gasteiger charge is -2.15. The molecule has 2 amide bonds. The van der Waals surface area contributed by atoms with Gasteiger partial charge in [-0.15, -0.1) is 0 Å². The molecule has 0 aliphatic rings. The molecule has 1 aromatic heterocycles. The summed E-state index contributed by atoms with van der Waals surface area (Å²) in [6, 6.07) is 14.7. The quantitative estimate of drug-likeness (QED) is 0.742. The Kier molecular flexibility index (Phi) is 4.39. The lowest BCUT2D eigenvalue weighted by atomic mass is 10.1. The van der Waals surface area contributed by atoms with Gasteiger partial charge >= 0.3 is 0 Å². The Morgan fingerprint density at radius 3 is 2.52 bits per heavy atom. The van der Waals surface area contributed by atoms with Crippen LogP contribution < -0.4 is 10.2 Å². The number of anilines is 2. The molecule has 0 aliphatic carbocycles. The standard InChI is InChI=1S/C20H19N3O2/c1-4-19(24)23(3)17-9-6-15(7-10-17)20(25)21-16-8-5-14-11-12-22(2)18(14)13-16/h4-13H,1H2,2-3H3,(H,21,25). The van der Waals surface area contributed by atoms with Crippen molar-refractivity contribution < 1.29 is 9.59 Å². The summed E-state index contributed by atoms with van der Waals surface area (Å²) >= 11 is 0. The number of nitrogens with one attached hydrogen (secondary N) is 1. The van der Waals surface area contributed by atoms with E-state index < -0.39 is 0 Å². The molecule has 0 atom stereocenters. The maximum absolute atomic E-state index is 12.4. The average Bonchev–Trinajstić information content (AvgIpc) is 3.01. The van der Waals surface area contributed by atoms with Crippen LogP contribution >= 0.6 is 0 Å². The number of carbonyl (C=O) groups is 2. The van der Waals surface area contributed by atoms with Crippen LogP contribution in [0, 0.1) is 0 Å². The number of hydrogen-bond acceptors (Lipinski definition) is 2. The van der Waals surface area contributed by atoms with Crippen LogP contribution in [-0.2, 0) is 11.8 Å². The summed E-state index contributed by atoms with van der Waals surface area (Å²) in [7, 11) is 3.63. The van der Waals surface area contributed by atoms with E-state index in [4.69, 9.17) is 0 Å². The lowest BCUT2D eigenvalue weighted by molar-refractivity contribution is -0.113. The summed E-state index contributed by atoms with van der Waals surface area (Å²) in [5.74, 6) is -0.397. The molecule has 5 heteroatoms. The van der Waals surface area contributed by atoms with E-state index in [2.05, 4.69) is 11.9 Å². The second kappa shape index (κ2) is 6.65. The SMILES string of the molecule is C=CC(=O)N(C)c1ccc(C(=O)Nc2ccc3ccn(C)c3c2)cc1. The predicted octanol–water partition coefficient (Wildman–Crippen LogP) is 3.58. The van der Waals surface area contributed by atoms with Gasteiger partial charge in [0, 0.05) is 42.7 Å². The number of carbonyl (C=O) groups excluding carboxylic acids is 2. The number of hydrogen-bond donors (Lipinski definition) is 1. The molecule has 1 N–H and O–H groups in total. The zero-order valence-corrected chi connectivity index (χ0v) is 14.2. The largest absolute Gasteiger partial charge is 0.350 e. The normalized spacial score (nSPS) is 10.5. The maximum atomic E-state index is 12.4. The number of aromatic nitrogens is 1. The molecular formula is C20H19N3O2. The second-order valence-corrected chi connectivity index (χ2v) is 5.80. The van der Waals surface area contributed by atoms with Gasteiger partial charge in [-0.25, -0.2) is 0 Å². The van der Waals surface area contributed by atoms with Crippen molar-refractivity contribution >= 4 is 34.1 Å². The summed E-state index contributed by atoms with van der Waals surface area (Å²) in [4.78, 5) is 25.5. The van der Waals surface area contributed by atoms with E-state index in [0.717, 1.165) is 16.6 Å². The molecule has 3 rings (SSSR count). The zero-order chi connectivity index (χ0) is 18.0. The van der Waals surface area contributed by atoms with Crippen molar-refractivity contribution in [1.82, 2.24) is 4.57 Å². The third kappa shape index (κ3) is 3.30. The van der Waals surface area contributed by atoms with Crippen LogP contribution in [-0.4, -0.2) is 23.4 Å². The van der Waals surface area contributed by atoms with Crippen molar-refractivity contribution in [3.05, 3.63) is 72.9 Å². The van der Waals surface area contributed by atoms with Crippen molar-refractivity contribution in [2.75, 3.05) is 17.3 Å². The number of nitrogens with zero attached hydrogens (tertiary/aromatic N) is 2. The minimum absolute atomic E-state index is 0.196. The van der Waals surface area contributed by atoms with Crippen molar-refractivity contribution in [2.24, 2.45) is 7.05 Å². The van der Waals surface area contributed by atoms with Gasteiger partial charge < -0.3 is 14.8 Å². The Labute approximate surface area is 146 Å². The molecule has 25 heavy (non-hydrogen) atoms. The van der Waals surface area contributed by atoms with E-state index >= 15 is 0 Å². The van der Waals surface area contributed by atoms with Crippen LogP contribution in [0.4, 0.5) is 11.4 Å². The summed E-state index contributed by atoms with van der Waals surface area (Å²) in [5, 5.41) is 4.03. The van der Waals surface area contributed by atoms with E-state index in [1.54, 1.807) is 31.3 Å². The molecule has 0 unspecified atom stereocenters. The van der Waals surface area contributed by atoms with Crippen LogP contribution in [0.2, 0.25) is 0 Å². The molecule has 0 radical (unpaired) electrons.